The Morgan fingerprint density at radius 3 is 2.56 bits per heavy atom. The van der Waals surface area contributed by atoms with E-state index in [1.54, 1.807) is 36.4 Å². The van der Waals surface area contributed by atoms with Gasteiger partial charge in [0.15, 0.2) is 0 Å². The second-order valence-corrected chi connectivity index (χ2v) is 7.03. The van der Waals surface area contributed by atoms with E-state index in [1.165, 1.54) is 22.9 Å². The smallest absolute Gasteiger partial charge is 0.268 e. The molecule has 1 N–H and O–H groups in total. The third-order valence-corrected chi connectivity index (χ3v) is 5.03. The molecular formula is C20H21NO5S. The van der Waals surface area contributed by atoms with Crippen molar-refractivity contribution in [2.75, 3.05) is 19.0 Å². The fourth-order valence-electron chi connectivity index (χ4n) is 2.73. The Morgan fingerprint density at radius 2 is 1.93 bits per heavy atom. The highest BCUT2D eigenvalue weighted by molar-refractivity contribution is 8.04. The quantitative estimate of drug-likeness (QED) is 0.666. The number of imide groups is 1. The summed E-state index contributed by atoms with van der Waals surface area (Å²) >= 11 is 1.19. The predicted molar refractivity (Wildman–Crippen MR) is 103 cm³/mol. The lowest BCUT2D eigenvalue weighted by atomic mass is 10.1. The van der Waals surface area contributed by atoms with Gasteiger partial charge in [0.25, 0.3) is 11.8 Å². The van der Waals surface area contributed by atoms with Crippen molar-refractivity contribution in [3.8, 4) is 5.75 Å². The molecule has 0 atom stereocenters. The van der Waals surface area contributed by atoms with Crippen LogP contribution < -0.4 is 4.74 Å². The van der Waals surface area contributed by atoms with Gasteiger partial charge in [0.05, 0.1) is 36.5 Å². The maximum Gasteiger partial charge on any atom is 0.268 e. The molecule has 7 heteroatoms. The fraction of sp³-hybridized carbons (Fsp3) is 0.300. The van der Waals surface area contributed by atoms with Crippen LogP contribution in [0, 0.1) is 0 Å². The SMILES string of the molecule is CCCOc1ccc(C2=C(SCCO)C(=O)N(Cc3ccco3)C2=O)cc1. The third-order valence-electron chi connectivity index (χ3n) is 3.97. The second-order valence-electron chi connectivity index (χ2n) is 5.92. The minimum absolute atomic E-state index is 0.0784. The molecule has 27 heavy (non-hydrogen) atoms. The highest BCUT2D eigenvalue weighted by Crippen LogP contribution is 2.37. The van der Waals surface area contributed by atoms with E-state index in [1.807, 2.05) is 6.92 Å². The van der Waals surface area contributed by atoms with Gasteiger partial charge in [-0.05, 0) is 36.2 Å². The van der Waals surface area contributed by atoms with Gasteiger partial charge >= 0.3 is 0 Å². The van der Waals surface area contributed by atoms with Crippen LogP contribution >= 0.6 is 11.8 Å². The Bertz CT molecular complexity index is 827. The summed E-state index contributed by atoms with van der Waals surface area (Å²) in [6, 6.07) is 10.6. The number of ether oxygens (including phenoxy) is 1. The van der Waals surface area contributed by atoms with E-state index >= 15 is 0 Å². The standard InChI is InChI=1S/C20H21NO5S/c1-2-10-25-15-7-5-14(6-8-15)17-18(27-12-9-22)20(24)21(19(17)23)13-16-4-3-11-26-16/h3-8,11,22H,2,9-10,12-13H2,1H3. The first-order valence-corrected chi connectivity index (χ1v) is 9.74. The first-order chi connectivity index (χ1) is 13.2. The number of nitrogens with zero attached hydrogens (tertiary/aromatic N) is 1. The fourth-order valence-corrected chi connectivity index (χ4v) is 3.61. The summed E-state index contributed by atoms with van der Waals surface area (Å²) in [4.78, 5) is 27.3. The van der Waals surface area contributed by atoms with E-state index in [-0.39, 0.29) is 25.0 Å². The predicted octanol–water partition coefficient (Wildman–Crippen LogP) is 3.07. The lowest BCUT2D eigenvalue weighted by Gasteiger charge is -2.13. The number of benzene rings is 1. The Morgan fingerprint density at radius 1 is 1.15 bits per heavy atom. The van der Waals surface area contributed by atoms with Crippen LogP contribution in [0.3, 0.4) is 0 Å². The monoisotopic (exact) mass is 387 g/mol. The van der Waals surface area contributed by atoms with Crippen LogP contribution in [0.1, 0.15) is 24.7 Å². The number of thioether (sulfide) groups is 1. The van der Waals surface area contributed by atoms with Gasteiger partial charge in [0, 0.05) is 5.75 Å². The van der Waals surface area contributed by atoms with Crippen LogP contribution in [0.5, 0.6) is 5.75 Å². The number of hydrogen-bond acceptors (Lipinski definition) is 6. The van der Waals surface area contributed by atoms with Crippen molar-refractivity contribution in [1.82, 2.24) is 4.90 Å². The van der Waals surface area contributed by atoms with Crippen LogP contribution in [0.25, 0.3) is 5.57 Å². The molecule has 0 saturated heterocycles. The molecule has 1 aliphatic heterocycles. The van der Waals surface area contributed by atoms with Crippen LogP contribution in [0.15, 0.2) is 52.0 Å². The lowest BCUT2D eigenvalue weighted by Crippen LogP contribution is -2.30. The van der Waals surface area contributed by atoms with E-state index in [4.69, 9.17) is 14.3 Å². The number of rotatable bonds is 9. The molecule has 0 saturated carbocycles. The minimum atomic E-state index is -0.365. The summed E-state index contributed by atoms with van der Waals surface area (Å²) in [5, 5.41) is 9.14. The summed E-state index contributed by atoms with van der Waals surface area (Å²) in [5.41, 5.74) is 1.01. The minimum Gasteiger partial charge on any atom is -0.494 e. The first kappa shape index (κ1) is 19.3. The topological polar surface area (TPSA) is 80.0 Å². The van der Waals surface area contributed by atoms with Crippen LogP contribution in [-0.4, -0.2) is 40.8 Å². The molecular weight excluding hydrogens is 366 g/mol. The summed E-state index contributed by atoms with van der Waals surface area (Å²) in [7, 11) is 0. The average Bonchev–Trinajstić information content (AvgIpc) is 3.28. The first-order valence-electron chi connectivity index (χ1n) is 8.75. The molecule has 0 unspecified atom stereocenters. The van der Waals surface area contributed by atoms with Gasteiger partial charge in [0.2, 0.25) is 0 Å². The van der Waals surface area contributed by atoms with E-state index in [0.29, 0.717) is 34.2 Å². The number of carbonyl (C=O) groups is 2. The van der Waals surface area contributed by atoms with Gasteiger partial charge in [-0.15, -0.1) is 11.8 Å². The third kappa shape index (κ3) is 4.26. The maximum atomic E-state index is 13.0. The van der Waals surface area contributed by atoms with E-state index in [9.17, 15) is 9.59 Å². The molecule has 142 valence electrons. The van der Waals surface area contributed by atoms with Crippen molar-refractivity contribution in [1.29, 1.82) is 0 Å². The normalized spacial score (nSPS) is 14.4. The summed E-state index contributed by atoms with van der Waals surface area (Å²) in [5.74, 6) is 0.863. The molecule has 3 rings (SSSR count). The zero-order valence-corrected chi connectivity index (χ0v) is 15.8. The molecule has 0 fully saturated rings. The molecule has 2 heterocycles. The number of aliphatic hydroxyl groups excluding tert-OH is 1. The molecule has 2 aromatic rings. The van der Waals surface area contributed by atoms with Crippen LogP contribution in [-0.2, 0) is 16.1 Å². The van der Waals surface area contributed by atoms with E-state index < -0.39 is 0 Å². The molecule has 2 amide bonds. The number of carbonyl (C=O) groups excluding carboxylic acids is 2. The van der Waals surface area contributed by atoms with Crippen molar-refractivity contribution in [2.45, 2.75) is 19.9 Å². The van der Waals surface area contributed by atoms with Gasteiger partial charge in [-0.2, -0.15) is 0 Å². The van der Waals surface area contributed by atoms with Crippen molar-refractivity contribution < 1.29 is 23.8 Å². The number of aliphatic hydroxyl groups is 1. The van der Waals surface area contributed by atoms with Gasteiger partial charge in [0.1, 0.15) is 11.5 Å². The molecule has 1 aliphatic rings. The Hall–Kier alpha value is -2.51. The molecule has 1 aromatic carbocycles. The van der Waals surface area contributed by atoms with Gasteiger partial charge in [-0.3, -0.25) is 14.5 Å². The second kappa shape index (κ2) is 8.92. The van der Waals surface area contributed by atoms with E-state index in [0.717, 1.165) is 12.2 Å². The Kier molecular flexibility index (Phi) is 6.36. The zero-order chi connectivity index (χ0) is 19.2. The van der Waals surface area contributed by atoms with Crippen LogP contribution in [0.2, 0.25) is 0 Å². The summed E-state index contributed by atoms with van der Waals surface area (Å²) in [6.07, 6.45) is 2.41. The molecule has 0 aliphatic carbocycles. The van der Waals surface area contributed by atoms with E-state index in [2.05, 4.69) is 0 Å². The number of amides is 2. The Balaban J connectivity index is 1.89. The molecule has 0 radical (unpaired) electrons. The van der Waals surface area contributed by atoms with Crippen LogP contribution in [0.4, 0.5) is 0 Å². The molecule has 0 bridgehead atoms. The molecule has 1 aromatic heterocycles. The molecule has 0 spiro atoms. The lowest BCUT2D eigenvalue weighted by molar-refractivity contribution is -0.137. The van der Waals surface area contributed by atoms with Gasteiger partial charge in [-0.25, -0.2) is 0 Å². The van der Waals surface area contributed by atoms with Gasteiger partial charge in [-0.1, -0.05) is 19.1 Å². The highest BCUT2D eigenvalue weighted by Gasteiger charge is 2.39. The molecule has 6 nitrogen and oxygen atoms in total. The highest BCUT2D eigenvalue weighted by atomic mass is 32.2. The summed E-state index contributed by atoms with van der Waals surface area (Å²) in [6.45, 7) is 2.65. The van der Waals surface area contributed by atoms with Gasteiger partial charge < -0.3 is 14.3 Å². The number of furan rings is 1. The van der Waals surface area contributed by atoms with Crippen molar-refractivity contribution in [3.05, 3.63) is 58.9 Å². The van der Waals surface area contributed by atoms with Crippen molar-refractivity contribution in [3.63, 3.8) is 0 Å². The van der Waals surface area contributed by atoms with Crippen molar-refractivity contribution in [2.24, 2.45) is 0 Å². The zero-order valence-electron chi connectivity index (χ0n) is 15.0. The maximum absolute atomic E-state index is 13.0. The largest absolute Gasteiger partial charge is 0.494 e. The average molecular weight is 387 g/mol. The summed E-state index contributed by atoms with van der Waals surface area (Å²) < 4.78 is 10.8. The Labute approximate surface area is 161 Å². The number of hydrogen-bond donors (Lipinski definition) is 1. The van der Waals surface area contributed by atoms with Crippen molar-refractivity contribution >= 4 is 29.1 Å².